The van der Waals surface area contributed by atoms with Crippen LogP contribution in [-0.2, 0) is 0 Å². The van der Waals surface area contributed by atoms with Crippen LogP contribution in [0.5, 0.6) is 0 Å². The van der Waals surface area contributed by atoms with Gasteiger partial charge in [-0.25, -0.2) is 15.0 Å². The highest BCUT2D eigenvalue weighted by molar-refractivity contribution is 7.25. The number of fused-ring (bicyclic) bond motifs is 3. The van der Waals surface area contributed by atoms with Gasteiger partial charge in [0.25, 0.3) is 0 Å². The number of imidazole rings is 2. The molecule has 0 atom stereocenters. The molecule has 138 valence electrons. The lowest BCUT2D eigenvalue weighted by Crippen LogP contribution is -2.05. The minimum absolute atomic E-state index is 0.542. The van der Waals surface area contributed by atoms with E-state index in [0.29, 0.717) is 5.95 Å². The van der Waals surface area contributed by atoms with Crippen LogP contribution in [0.4, 0.5) is 0 Å². The summed E-state index contributed by atoms with van der Waals surface area (Å²) in [6, 6.07) is 12.4. The molecule has 5 aromatic heterocycles. The molecule has 0 aliphatic heterocycles. The van der Waals surface area contributed by atoms with Crippen LogP contribution in [0.25, 0.3) is 43.3 Å². The third kappa shape index (κ3) is 2.69. The fourth-order valence-electron chi connectivity index (χ4n) is 3.32. The van der Waals surface area contributed by atoms with Crippen LogP contribution >= 0.6 is 11.3 Å². The molecule has 0 bridgehead atoms. The van der Waals surface area contributed by atoms with E-state index in [1.54, 1.807) is 41.0 Å². The largest absolute Gasteiger partial charge is 0.290 e. The number of aromatic nitrogens is 7. The molecule has 8 heteroatoms. The van der Waals surface area contributed by atoms with Gasteiger partial charge in [-0.1, -0.05) is 18.2 Å². The Kier molecular flexibility index (Phi) is 3.50. The monoisotopic (exact) mass is 395 g/mol. The molecule has 1 aromatic carbocycles. The zero-order chi connectivity index (χ0) is 19.2. The molecule has 0 radical (unpaired) electrons. The maximum atomic E-state index is 4.76. The summed E-state index contributed by atoms with van der Waals surface area (Å²) in [6.45, 7) is 0. The summed E-state index contributed by atoms with van der Waals surface area (Å²) in [5.74, 6) is 1.27. The van der Waals surface area contributed by atoms with E-state index in [2.05, 4.69) is 39.2 Å². The summed E-state index contributed by atoms with van der Waals surface area (Å²) in [5, 5.41) is 1.18. The standard InChI is InChI=1S/C21H13N7S/c1-2-4-17-15(3-1)20-18(29-17)9-14(11-24-20)16-10-19(27-7-5-22-12-27)26-21(25-16)28-8-6-23-13-28/h1-13H. The average molecular weight is 395 g/mol. The van der Waals surface area contributed by atoms with Gasteiger partial charge in [0.2, 0.25) is 5.95 Å². The van der Waals surface area contributed by atoms with Gasteiger partial charge in [-0.05, 0) is 12.1 Å². The van der Waals surface area contributed by atoms with Crippen molar-refractivity contribution in [2.24, 2.45) is 0 Å². The number of hydrogen-bond donors (Lipinski definition) is 0. The van der Waals surface area contributed by atoms with Gasteiger partial charge in [0.1, 0.15) is 18.5 Å². The lowest BCUT2D eigenvalue weighted by Gasteiger charge is -2.09. The van der Waals surface area contributed by atoms with Gasteiger partial charge >= 0.3 is 0 Å². The van der Waals surface area contributed by atoms with Crippen molar-refractivity contribution in [1.82, 2.24) is 34.1 Å². The second-order valence-corrected chi connectivity index (χ2v) is 7.60. The number of pyridine rings is 1. The maximum Gasteiger partial charge on any atom is 0.237 e. The molecule has 6 aromatic rings. The zero-order valence-electron chi connectivity index (χ0n) is 15.0. The number of thiophene rings is 1. The lowest BCUT2D eigenvalue weighted by atomic mass is 10.1. The summed E-state index contributed by atoms with van der Waals surface area (Å²) < 4.78 is 6.01. The maximum absolute atomic E-state index is 4.76. The summed E-state index contributed by atoms with van der Waals surface area (Å²) in [4.78, 5) is 22.4. The Bertz CT molecular complexity index is 1400. The van der Waals surface area contributed by atoms with Crippen molar-refractivity contribution >= 4 is 31.6 Å². The highest BCUT2D eigenvalue weighted by Gasteiger charge is 2.12. The molecule has 7 nitrogen and oxygen atoms in total. The Balaban J connectivity index is 1.56. The van der Waals surface area contributed by atoms with E-state index < -0.39 is 0 Å². The second kappa shape index (κ2) is 6.32. The molecule has 0 fully saturated rings. The van der Waals surface area contributed by atoms with Crippen molar-refractivity contribution in [3.8, 4) is 23.0 Å². The first-order valence-electron chi connectivity index (χ1n) is 8.98. The quantitative estimate of drug-likeness (QED) is 0.447. The van der Waals surface area contributed by atoms with Gasteiger partial charge in [0, 0.05) is 52.7 Å². The predicted octanol–water partition coefficient (Wildman–Crippen LogP) is 4.28. The van der Waals surface area contributed by atoms with Gasteiger partial charge in [0.05, 0.1) is 15.9 Å². The third-order valence-corrected chi connectivity index (χ3v) is 5.82. The first-order chi connectivity index (χ1) is 14.3. The van der Waals surface area contributed by atoms with Crippen LogP contribution < -0.4 is 0 Å². The summed E-state index contributed by atoms with van der Waals surface area (Å²) in [5.41, 5.74) is 2.75. The Labute approximate surface area is 169 Å². The van der Waals surface area contributed by atoms with E-state index in [1.807, 2.05) is 35.3 Å². The minimum atomic E-state index is 0.542. The molecule has 0 saturated heterocycles. The van der Waals surface area contributed by atoms with Crippen molar-refractivity contribution in [2.75, 3.05) is 0 Å². The van der Waals surface area contributed by atoms with E-state index in [-0.39, 0.29) is 0 Å². The molecule has 5 heterocycles. The molecule has 6 rings (SSSR count). The van der Waals surface area contributed by atoms with Crippen LogP contribution in [0.15, 0.2) is 80.0 Å². The van der Waals surface area contributed by atoms with E-state index in [0.717, 1.165) is 27.3 Å². The highest BCUT2D eigenvalue weighted by atomic mass is 32.1. The van der Waals surface area contributed by atoms with Gasteiger partial charge in [-0.3, -0.25) is 14.1 Å². The predicted molar refractivity (Wildman–Crippen MR) is 112 cm³/mol. The van der Waals surface area contributed by atoms with Crippen molar-refractivity contribution < 1.29 is 0 Å². The Morgan fingerprint density at radius 2 is 1.66 bits per heavy atom. The number of rotatable bonds is 3. The first kappa shape index (κ1) is 16.1. The van der Waals surface area contributed by atoms with E-state index >= 15 is 0 Å². The van der Waals surface area contributed by atoms with Crippen LogP contribution in [0.1, 0.15) is 0 Å². The lowest BCUT2D eigenvalue weighted by molar-refractivity contribution is 0.888. The zero-order valence-corrected chi connectivity index (χ0v) is 15.9. The highest BCUT2D eigenvalue weighted by Crippen LogP contribution is 2.34. The Hall–Kier alpha value is -3.91. The molecule has 29 heavy (non-hydrogen) atoms. The molecule has 0 spiro atoms. The summed E-state index contributed by atoms with van der Waals surface area (Å²) in [7, 11) is 0. The van der Waals surface area contributed by atoms with Crippen molar-refractivity contribution in [3.05, 3.63) is 80.0 Å². The fraction of sp³-hybridized carbons (Fsp3) is 0. The molecule has 0 saturated carbocycles. The second-order valence-electron chi connectivity index (χ2n) is 6.52. The minimum Gasteiger partial charge on any atom is -0.290 e. The molecule has 0 unspecified atom stereocenters. The summed E-state index contributed by atoms with van der Waals surface area (Å²) in [6.07, 6.45) is 12.4. The number of benzene rings is 1. The van der Waals surface area contributed by atoms with E-state index in [4.69, 9.17) is 9.97 Å². The van der Waals surface area contributed by atoms with Crippen LogP contribution in [-0.4, -0.2) is 34.1 Å². The topological polar surface area (TPSA) is 74.3 Å². The average Bonchev–Trinajstić information content (AvgIpc) is 3.53. The van der Waals surface area contributed by atoms with Gasteiger partial charge in [-0.2, -0.15) is 4.98 Å². The Morgan fingerprint density at radius 1 is 0.828 bits per heavy atom. The first-order valence-corrected chi connectivity index (χ1v) is 9.80. The molecule has 0 aliphatic rings. The molecule has 0 aliphatic carbocycles. The Morgan fingerprint density at radius 3 is 2.48 bits per heavy atom. The number of nitrogens with zero attached hydrogens (tertiary/aromatic N) is 7. The molecule has 0 amide bonds. The van der Waals surface area contributed by atoms with Crippen molar-refractivity contribution in [3.63, 3.8) is 0 Å². The molecular formula is C21H13N7S. The van der Waals surface area contributed by atoms with Crippen LogP contribution in [0.3, 0.4) is 0 Å². The van der Waals surface area contributed by atoms with Gasteiger partial charge < -0.3 is 0 Å². The van der Waals surface area contributed by atoms with Crippen molar-refractivity contribution in [1.29, 1.82) is 0 Å². The van der Waals surface area contributed by atoms with Gasteiger partial charge in [0.15, 0.2) is 0 Å². The SMILES string of the molecule is c1ccc2c(c1)sc1cc(-c3cc(-n4ccnc4)nc(-n4ccnc4)n3)cnc12. The van der Waals surface area contributed by atoms with Crippen LogP contribution in [0, 0.1) is 0 Å². The van der Waals surface area contributed by atoms with Crippen molar-refractivity contribution in [2.45, 2.75) is 0 Å². The van der Waals surface area contributed by atoms with Gasteiger partial charge in [-0.15, -0.1) is 11.3 Å². The van der Waals surface area contributed by atoms with E-state index in [1.165, 1.54) is 10.1 Å². The molecular weight excluding hydrogens is 382 g/mol. The van der Waals surface area contributed by atoms with E-state index in [9.17, 15) is 0 Å². The summed E-state index contributed by atoms with van der Waals surface area (Å²) >= 11 is 1.74. The normalized spacial score (nSPS) is 11.4. The van der Waals surface area contributed by atoms with Crippen LogP contribution in [0.2, 0.25) is 0 Å². The number of hydrogen-bond acceptors (Lipinski definition) is 6. The molecule has 0 N–H and O–H groups in total. The third-order valence-electron chi connectivity index (χ3n) is 4.72. The smallest absolute Gasteiger partial charge is 0.237 e. The fourth-order valence-corrected chi connectivity index (χ4v) is 4.43.